The van der Waals surface area contributed by atoms with Crippen LogP contribution in [-0.2, 0) is 11.3 Å². The van der Waals surface area contributed by atoms with E-state index in [1.54, 1.807) is 6.20 Å². The number of aryl methyl sites for hydroxylation is 1. The monoisotopic (exact) mass is 281 g/mol. The van der Waals surface area contributed by atoms with Crippen LogP contribution in [0.5, 0.6) is 0 Å². The van der Waals surface area contributed by atoms with Crippen molar-refractivity contribution in [2.45, 2.75) is 31.6 Å². The van der Waals surface area contributed by atoms with Crippen LogP contribution in [0.2, 0.25) is 0 Å². The van der Waals surface area contributed by atoms with Crippen molar-refractivity contribution in [3.63, 3.8) is 0 Å². The van der Waals surface area contributed by atoms with Gasteiger partial charge in [0.1, 0.15) is 5.82 Å². The minimum absolute atomic E-state index is 0.0212. The molecule has 1 unspecified atom stereocenters. The van der Waals surface area contributed by atoms with E-state index in [-0.39, 0.29) is 11.8 Å². The number of thioether (sulfide) groups is 1. The highest BCUT2D eigenvalue weighted by Gasteiger charge is 2.16. The minimum atomic E-state index is -0.864. The number of hydrogen-bond donors (Lipinski definition) is 1. The van der Waals surface area contributed by atoms with Gasteiger partial charge in [-0.3, -0.25) is 9.48 Å². The van der Waals surface area contributed by atoms with Crippen LogP contribution in [0.15, 0.2) is 23.6 Å². The van der Waals surface area contributed by atoms with Gasteiger partial charge >= 0.3 is 5.97 Å². The lowest BCUT2D eigenvalue weighted by Gasteiger charge is -2.16. The van der Waals surface area contributed by atoms with E-state index in [0.29, 0.717) is 11.7 Å². The third kappa shape index (κ3) is 3.34. The fourth-order valence-corrected chi connectivity index (χ4v) is 2.65. The molecular weight excluding hydrogens is 266 g/mol. The maximum atomic E-state index is 10.6. The fraction of sp³-hybridized carbons (Fsp3) is 0.455. The fourth-order valence-electron chi connectivity index (χ4n) is 1.84. The van der Waals surface area contributed by atoms with E-state index < -0.39 is 5.97 Å². The van der Waals surface area contributed by atoms with Gasteiger partial charge in [-0.15, -0.1) is 10.2 Å². The summed E-state index contributed by atoms with van der Waals surface area (Å²) in [5.41, 5.74) is 0. The molecular formula is C11H15N5O2S. The first-order valence-corrected chi connectivity index (χ1v) is 6.80. The van der Waals surface area contributed by atoms with Crippen LogP contribution >= 0.6 is 11.8 Å². The summed E-state index contributed by atoms with van der Waals surface area (Å²) in [5.74, 6) is -0.114. The average Bonchev–Trinajstić information content (AvgIpc) is 2.96. The molecule has 0 fully saturated rings. The van der Waals surface area contributed by atoms with Crippen molar-refractivity contribution in [2.75, 3.05) is 5.75 Å². The Balaban J connectivity index is 2.13. The first-order chi connectivity index (χ1) is 9.08. The molecule has 0 spiro atoms. The number of nitrogens with zero attached hydrogens (tertiary/aromatic N) is 5. The Morgan fingerprint density at radius 3 is 2.95 bits per heavy atom. The molecule has 2 heterocycles. The van der Waals surface area contributed by atoms with Crippen LogP contribution in [0, 0.1) is 6.92 Å². The van der Waals surface area contributed by atoms with Crippen LogP contribution in [0.25, 0.3) is 0 Å². The van der Waals surface area contributed by atoms with Crippen LogP contribution in [0.3, 0.4) is 0 Å². The molecule has 0 bridgehead atoms. The Hall–Kier alpha value is -1.83. The zero-order valence-corrected chi connectivity index (χ0v) is 11.5. The average molecular weight is 281 g/mol. The molecule has 0 aliphatic heterocycles. The van der Waals surface area contributed by atoms with Gasteiger partial charge in [0.05, 0.1) is 18.3 Å². The summed E-state index contributed by atoms with van der Waals surface area (Å²) in [6.45, 7) is 4.58. The van der Waals surface area contributed by atoms with Crippen LogP contribution in [0.4, 0.5) is 0 Å². The number of hydrogen-bond acceptors (Lipinski definition) is 5. The summed E-state index contributed by atoms with van der Waals surface area (Å²) in [7, 11) is 0. The quantitative estimate of drug-likeness (QED) is 0.801. The Morgan fingerprint density at radius 2 is 2.32 bits per heavy atom. The standard InChI is InChI=1S/C11H15N5O2S/c1-8(6-15-5-3-4-12-15)16-9(2)13-14-11(16)19-7-10(17)18/h3-5,8H,6-7H2,1-2H3,(H,17,18). The van der Waals surface area contributed by atoms with Crippen molar-refractivity contribution in [3.8, 4) is 0 Å². The van der Waals surface area contributed by atoms with E-state index >= 15 is 0 Å². The molecule has 0 aromatic carbocycles. The zero-order valence-electron chi connectivity index (χ0n) is 10.7. The number of aliphatic carboxylic acids is 1. The largest absolute Gasteiger partial charge is 0.481 e. The molecule has 8 heteroatoms. The molecule has 2 rings (SSSR count). The Kier molecular flexibility index (Phi) is 4.20. The van der Waals surface area contributed by atoms with Gasteiger partial charge in [0.2, 0.25) is 0 Å². The van der Waals surface area contributed by atoms with Crippen LogP contribution < -0.4 is 0 Å². The Bertz CT molecular complexity index is 551. The molecule has 19 heavy (non-hydrogen) atoms. The van der Waals surface area contributed by atoms with Crippen molar-refractivity contribution in [1.82, 2.24) is 24.5 Å². The second-order valence-electron chi connectivity index (χ2n) is 4.16. The maximum Gasteiger partial charge on any atom is 0.313 e. The summed E-state index contributed by atoms with van der Waals surface area (Å²) < 4.78 is 3.77. The smallest absolute Gasteiger partial charge is 0.313 e. The summed E-state index contributed by atoms with van der Waals surface area (Å²) in [6, 6.07) is 1.97. The van der Waals surface area contributed by atoms with Gasteiger partial charge in [-0.05, 0) is 19.9 Å². The highest BCUT2D eigenvalue weighted by Crippen LogP contribution is 2.22. The molecule has 2 aromatic heterocycles. The summed E-state index contributed by atoms with van der Waals surface area (Å²) in [5, 5.41) is 21.5. The number of aromatic nitrogens is 5. The molecule has 0 amide bonds. The second kappa shape index (κ2) is 5.87. The molecule has 1 atom stereocenters. The summed E-state index contributed by atoms with van der Waals surface area (Å²) in [6.07, 6.45) is 3.62. The highest BCUT2D eigenvalue weighted by atomic mass is 32.2. The second-order valence-corrected chi connectivity index (χ2v) is 5.10. The number of carboxylic acid groups (broad SMARTS) is 1. The predicted molar refractivity (Wildman–Crippen MR) is 70.1 cm³/mol. The van der Waals surface area contributed by atoms with Crippen LogP contribution in [-0.4, -0.2) is 41.4 Å². The first kappa shape index (κ1) is 13.6. The lowest BCUT2D eigenvalue weighted by atomic mass is 10.3. The molecule has 7 nitrogen and oxygen atoms in total. The molecule has 1 N–H and O–H groups in total. The van der Waals surface area contributed by atoms with Crippen molar-refractivity contribution in [3.05, 3.63) is 24.3 Å². The third-order valence-electron chi connectivity index (χ3n) is 2.61. The van der Waals surface area contributed by atoms with Gasteiger partial charge in [0, 0.05) is 12.4 Å². The highest BCUT2D eigenvalue weighted by molar-refractivity contribution is 7.99. The van der Waals surface area contributed by atoms with Gasteiger partial charge in [-0.2, -0.15) is 5.10 Å². The predicted octanol–water partition coefficient (Wildman–Crippen LogP) is 1.22. The van der Waals surface area contributed by atoms with Gasteiger partial charge in [-0.1, -0.05) is 11.8 Å². The molecule has 102 valence electrons. The maximum absolute atomic E-state index is 10.6. The number of carboxylic acids is 1. The van der Waals surface area contributed by atoms with Gasteiger partial charge in [0.25, 0.3) is 0 Å². The van der Waals surface area contributed by atoms with Crippen molar-refractivity contribution in [2.24, 2.45) is 0 Å². The molecule has 0 saturated heterocycles. The lowest BCUT2D eigenvalue weighted by molar-refractivity contribution is -0.133. The SMILES string of the molecule is Cc1nnc(SCC(=O)O)n1C(C)Cn1cccn1. The van der Waals surface area contributed by atoms with Crippen molar-refractivity contribution in [1.29, 1.82) is 0 Å². The number of rotatable bonds is 6. The van der Waals surface area contributed by atoms with E-state index in [0.717, 1.165) is 5.82 Å². The normalized spacial score (nSPS) is 12.5. The summed E-state index contributed by atoms with van der Waals surface area (Å²) in [4.78, 5) is 10.6. The lowest BCUT2D eigenvalue weighted by Crippen LogP contribution is -2.16. The van der Waals surface area contributed by atoms with E-state index in [2.05, 4.69) is 15.3 Å². The molecule has 0 saturated carbocycles. The molecule has 0 aliphatic rings. The number of carbonyl (C=O) groups is 1. The van der Waals surface area contributed by atoms with Crippen molar-refractivity contribution >= 4 is 17.7 Å². The molecule has 2 aromatic rings. The Morgan fingerprint density at radius 1 is 1.53 bits per heavy atom. The molecule has 0 radical (unpaired) electrons. The van der Waals surface area contributed by atoms with E-state index in [4.69, 9.17) is 5.11 Å². The third-order valence-corrected chi connectivity index (χ3v) is 3.54. The van der Waals surface area contributed by atoms with Crippen LogP contribution in [0.1, 0.15) is 18.8 Å². The van der Waals surface area contributed by atoms with E-state index in [1.807, 2.05) is 35.4 Å². The van der Waals surface area contributed by atoms with Gasteiger partial charge in [0.15, 0.2) is 5.16 Å². The van der Waals surface area contributed by atoms with E-state index in [9.17, 15) is 4.79 Å². The van der Waals surface area contributed by atoms with E-state index in [1.165, 1.54) is 11.8 Å². The van der Waals surface area contributed by atoms with Crippen molar-refractivity contribution < 1.29 is 9.90 Å². The van der Waals surface area contributed by atoms with Gasteiger partial charge < -0.3 is 9.67 Å². The molecule has 0 aliphatic carbocycles. The Labute approximate surface area is 114 Å². The van der Waals surface area contributed by atoms with Gasteiger partial charge in [-0.25, -0.2) is 0 Å². The topological polar surface area (TPSA) is 85.8 Å². The first-order valence-electron chi connectivity index (χ1n) is 5.81. The minimum Gasteiger partial charge on any atom is -0.481 e. The zero-order chi connectivity index (χ0) is 13.8. The summed E-state index contributed by atoms with van der Waals surface area (Å²) >= 11 is 1.18.